The summed E-state index contributed by atoms with van der Waals surface area (Å²) in [7, 11) is 0. The molecule has 6 heteroatoms. The number of aromatic nitrogens is 1. The summed E-state index contributed by atoms with van der Waals surface area (Å²) in [6.45, 7) is 6.43. The molecule has 0 aliphatic carbocycles. The average molecular weight is 344 g/mol. The number of nitrogens with one attached hydrogen (secondary N) is 3. The minimum atomic E-state index is -0.550. The van der Waals surface area contributed by atoms with Gasteiger partial charge in [0.05, 0.1) is 6.54 Å². The highest BCUT2D eigenvalue weighted by atomic mass is 16.2. The van der Waals surface area contributed by atoms with Gasteiger partial charge in [-0.05, 0) is 36.5 Å². The number of nitrogens with two attached hydrogens (primary N) is 1. The molecule has 2 atom stereocenters. The van der Waals surface area contributed by atoms with E-state index in [0.717, 1.165) is 18.4 Å². The molecule has 0 fully saturated rings. The SMILES string of the molecule is CC[C@H](C)[C@H](NC(=O)CN)C(=O)NCCc1c[nH]c2cccc(C)c12. The van der Waals surface area contributed by atoms with Crippen molar-refractivity contribution in [3.05, 3.63) is 35.5 Å². The highest BCUT2D eigenvalue weighted by molar-refractivity contribution is 5.89. The summed E-state index contributed by atoms with van der Waals surface area (Å²) in [6, 6.07) is 5.60. The van der Waals surface area contributed by atoms with Crippen LogP contribution in [0.4, 0.5) is 0 Å². The maximum atomic E-state index is 12.5. The van der Waals surface area contributed by atoms with Crippen molar-refractivity contribution in [3.63, 3.8) is 0 Å². The van der Waals surface area contributed by atoms with E-state index in [1.807, 2.05) is 32.2 Å². The lowest BCUT2D eigenvalue weighted by molar-refractivity contribution is -0.129. The molecule has 0 saturated carbocycles. The van der Waals surface area contributed by atoms with Crippen LogP contribution in [0.1, 0.15) is 31.4 Å². The van der Waals surface area contributed by atoms with Crippen molar-refractivity contribution in [3.8, 4) is 0 Å². The van der Waals surface area contributed by atoms with Crippen LogP contribution in [0.3, 0.4) is 0 Å². The van der Waals surface area contributed by atoms with Gasteiger partial charge in [-0.25, -0.2) is 0 Å². The molecule has 1 aromatic carbocycles. The van der Waals surface area contributed by atoms with E-state index in [4.69, 9.17) is 5.73 Å². The Hall–Kier alpha value is -2.34. The van der Waals surface area contributed by atoms with Crippen LogP contribution in [0.5, 0.6) is 0 Å². The Morgan fingerprint density at radius 2 is 2.08 bits per heavy atom. The van der Waals surface area contributed by atoms with Gasteiger partial charge in [-0.2, -0.15) is 0 Å². The number of aryl methyl sites for hydroxylation is 1. The van der Waals surface area contributed by atoms with Crippen LogP contribution in [-0.4, -0.2) is 35.9 Å². The zero-order chi connectivity index (χ0) is 18.4. The second-order valence-corrected chi connectivity index (χ2v) is 6.49. The number of H-pyrrole nitrogens is 1. The number of hydrogen-bond donors (Lipinski definition) is 4. The third kappa shape index (κ3) is 4.60. The topological polar surface area (TPSA) is 100 Å². The maximum Gasteiger partial charge on any atom is 0.242 e. The third-order valence-electron chi connectivity index (χ3n) is 4.69. The largest absolute Gasteiger partial charge is 0.361 e. The van der Waals surface area contributed by atoms with E-state index < -0.39 is 6.04 Å². The quantitative estimate of drug-likeness (QED) is 0.585. The van der Waals surface area contributed by atoms with E-state index in [-0.39, 0.29) is 24.3 Å². The molecule has 5 N–H and O–H groups in total. The fraction of sp³-hybridized carbons (Fsp3) is 0.474. The molecule has 6 nitrogen and oxygen atoms in total. The van der Waals surface area contributed by atoms with E-state index in [2.05, 4.69) is 28.6 Å². The molecule has 136 valence electrons. The molecular weight excluding hydrogens is 316 g/mol. The zero-order valence-corrected chi connectivity index (χ0v) is 15.2. The average Bonchev–Trinajstić information content (AvgIpc) is 3.03. The molecule has 0 unspecified atom stereocenters. The molecule has 0 saturated heterocycles. The van der Waals surface area contributed by atoms with Crippen LogP contribution >= 0.6 is 0 Å². The van der Waals surface area contributed by atoms with Gasteiger partial charge >= 0.3 is 0 Å². The Kier molecular flexibility index (Phi) is 6.58. The van der Waals surface area contributed by atoms with E-state index in [1.54, 1.807) is 0 Å². The molecule has 2 amide bonds. The van der Waals surface area contributed by atoms with E-state index >= 15 is 0 Å². The molecule has 0 radical (unpaired) electrons. The summed E-state index contributed by atoms with van der Waals surface area (Å²) in [5.41, 5.74) is 8.85. The molecular formula is C19H28N4O2. The van der Waals surface area contributed by atoms with Gasteiger partial charge in [0.2, 0.25) is 11.8 Å². The molecule has 2 aromatic rings. The highest BCUT2D eigenvalue weighted by Gasteiger charge is 2.25. The number of benzene rings is 1. The van der Waals surface area contributed by atoms with Gasteiger partial charge in [-0.15, -0.1) is 0 Å². The summed E-state index contributed by atoms with van der Waals surface area (Å²) < 4.78 is 0. The van der Waals surface area contributed by atoms with Crippen molar-refractivity contribution in [1.82, 2.24) is 15.6 Å². The first kappa shape index (κ1) is 19.0. The number of carbonyl (C=O) groups is 2. The first-order valence-corrected chi connectivity index (χ1v) is 8.80. The summed E-state index contributed by atoms with van der Waals surface area (Å²) in [5.74, 6) is -0.425. The van der Waals surface area contributed by atoms with Crippen molar-refractivity contribution in [2.24, 2.45) is 11.7 Å². The number of aromatic amines is 1. The molecule has 1 heterocycles. The lowest BCUT2D eigenvalue weighted by atomic mass is 9.98. The predicted octanol–water partition coefficient (Wildman–Crippen LogP) is 1.62. The first-order chi connectivity index (χ1) is 12.0. The zero-order valence-electron chi connectivity index (χ0n) is 15.2. The Balaban J connectivity index is 1.98. The minimum Gasteiger partial charge on any atom is -0.361 e. The van der Waals surface area contributed by atoms with Crippen molar-refractivity contribution in [1.29, 1.82) is 0 Å². The Morgan fingerprint density at radius 1 is 1.32 bits per heavy atom. The third-order valence-corrected chi connectivity index (χ3v) is 4.69. The van der Waals surface area contributed by atoms with Gasteiger partial charge in [0, 0.05) is 23.6 Å². The first-order valence-electron chi connectivity index (χ1n) is 8.80. The number of amides is 2. The normalized spacial score (nSPS) is 13.4. The molecule has 1 aromatic heterocycles. The smallest absolute Gasteiger partial charge is 0.242 e. The molecule has 0 bridgehead atoms. The van der Waals surface area contributed by atoms with Crippen LogP contribution in [0.2, 0.25) is 0 Å². The van der Waals surface area contributed by atoms with Crippen LogP contribution in [0.15, 0.2) is 24.4 Å². The van der Waals surface area contributed by atoms with E-state index in [0.29, 0.717) is 6.54 Å². The van der Waals surface area contributed by atoms with E-state index in [1.165, 1.54) is 16.5 Å². The maximum absolute atomic E-state index is 12.5. The van der Waals surface area contributed by atoms with Gasteiger partial charge in [0.15, 0.2) is 0 Å². The van der Waals surface area contributed by atoms with Gasteiger partial charge < -0.3 is 21.4 Å². The molecule has 0 aliphatic heterocycles. The monoisotopic (exact) mass is 344 g/mol. The van der Waals surface area contributed by atoms with Crippen LogP contribution in [0, 0.1) is 12.8 Å². The van der Waals surface area contributed by atoms with E-state index in [9.17, 15) is 9.59 Å². The Bertz CT molecular complexity index is 738. The minimum absolute atomic E-state index is 0.0471. The van der Waals surface area contributed by atoms with Crippen molar-refractivity contribution >= 4 is 22.7 Å². The van der Waals surface area contributed by atoms with Crippen molar-refractivity contribution in [2.75, 3.05) is 13.1 Å². The fourth-order valence-corrected chi connectivity index (χ4v) is 3.01. The highest BCUT2D eigenvalue weighted by Crippen LogP contribution is 2.22. The Labute approximate surface area is 148 Å². The summed E-state index contributed by atoms with van der Waals surface area (Å²) in [5, 5.41) is 6.87. The number of hydrogen-bond acceptors (Lipinski definition) is 3. The molecule has 2 rings (SSSR count). The summed E-state index contributed by atoms with van der Waals surface area (Å²) in [4.78, 5) is 27.3. The number of fused-ring (bicyclic) bond motifs is 1. The second-order valence-electron chi connectivity index (χ2n) is 6.49. The van der Waals surface area contributed by atoms with Crippen LogP contribution in [-0.2, 0) is 16.0 Å². The molecule has 0 aliphatic rings. The van der Waals surface area contributed by atoms with Gasteiger partial charge in [0.1, 0.15) is 6.04 Å². The van der Waals surface area contributed by atoms with Crippen LogP contribution < -0.4 is 16.4 Å². The lowest BCUT2D eigenvalue weighted by Crippen LogP contribution is -2.51. The van der Waals surface area contributed by atoms with Crippen molar-refractivity contribution < 1.29 is 9.59 Å². The van der Waals surface area contributed by atoms with Gasteiger partial charge in [-0.3, -0.25) is 9.59 Å². The summed E-state index contributed by atoms with van der Waals surface area (Å²) in [6.07, 6.45) is 3.52. The fourth-order valence-electron chi connectivity index (χ4n) is 3.01. The van der Waals surface area contributed by atoms with Crippen LogP contribution in [0.25, 0.3) is 10.9 Å². The van der Waals surface area contributed by atoms with Crippen molar-refractivity contribution in [2.45, 2.75) is 39.7 Å². The number of rotatable bonds is 8. The van der Waals surface area contributed by atoms with Gasteiger partial charge in [0.25, 0.3) is 0 Å². The van der Waals surface area contributed by atoms with Gasteiger partial charge in [-0.1, -0.05) is 32.4 Å². The lowest BCUT2D eigenvalue weighted by Gasteiger charge is -2.23. The Morgan fingerprint density at radius 3 is 2.76 bits per heavy atom. The summed E-state index contributed by atoms with van der Waals surface area (Å²) >= 11 is 0. The second kappa shape index (κ2) is 8.67. The molecule has 0 spiro atoms. The number of carbonyl (C=O) groups excluding carboxylic acids is 2. The standard InChI is InChI=1S/C19H28N4O2/c1-4-12(2)18(23-16(24)10-20)19(25)21-9-8-14-11-22-15-7-5-6-13(3)17(14)15/h5-7,11-12,18,22H,4,8-10,20H2,1-3H3,(H,21,25)(H,23,24)/t12-,18-/m0/s1. The molecule has 25 heavy (non-hydrogen) atoms. The predicted molar refractivity (Wildman–Crippen MR) is 100 cm³/mol.